The Balaban J connectivity index is 1.52. The first-order valence-corrected chi connectivity index (χ1v) is 9.83. The normalized spacial score (nSPS) is 33.0. The Hall–Kier alpha value is -0.120. The molecule has 2 fully saturated rings. The van der Waals surface area contributed by atoms with E-state index in [2.05, 4.69) is 17.6 Å². The second kappa shape index (κ2) is 10.6. The summed E-state index contributed by atoms with van der Waals surface area (Å²) in [7, 11) is 1.86. The van der Waals surface area contributed by atoms with Gasteiger partial charge in [-0.2, -0.15) is 0 Å². The summed E-state index contributed by atoms with van der Waals surface area (Å²) >= 11 is 0. The van der Waals surface area contributed by atoms with Crippen LogP contribution in [-0.4, -0.2) is 32.5 Å². The van der Waals surface area contributed by atoms with E-state index in [1.165, 1.54) is 83.7 Å². The van der Waals surface area contributed by atoms with Crippen molar-refractivity contribution in [3.05, 3.63) is 0 Å². The van der Waals surface area contributed by atoms with Crippen molar-refractivity contribution in [1.82, 2.24) is 10.6 Å². The van der Waals surface area contributed by atoms with Crippen LogP contribution >= 0.6 is 0 Å². The molecule has 1 aliphatic carbocycles. The van der Waals surface area contributed by atoms with Crippen LogP contribution in [0, 0.1) is 11.8 Å². The lowest BCUT2D eigenvalue weighted by Crippen LogP contribution is -2.56. The van der Waals surface area contributed by atoms with E-state index in [1.54, 1.807) is 0 Å². The summed E-state index contributed by atoms with van der Waals surface area (Å²) in [4.78, 5) is 0. The second-order valence-corrected chi connectivity index (χ2v) is 7.49. The van der Waals surface area contributed by atoms with Crippen LogP contribution in [-0.2, 0) is 4.74 Å². The van der Waals surface area contributed by atoms with E-state index in [9.17, 15) is 0 Å². The molecule has 0 aromatic heterocycles. The molecule has 2 aliphatic rings. The van der Waals surface area contributed by atoms with E-state index in [0.717, 1.165) is 11.8 Å². The lowest BCUT2D eigenvalue weighted by Gasteiger charge is -2.39. The molecule has 22 heavy (non-hydrogen) atoms. The van der Waals surface area contributed by atoms with Gasteiger partial charge < -0.3 is 15.4 Å². The van der Waals surface area contributed by atoms with Crippen molar-refractivity contribution in [2.24, 2.45) is 11.8 Å². The van der Waals surface area contributed by atoms with Crippen LogP contribution < -0.4 is 10.6 Å². The SMILES string of the molecule is CCCCCCCCC1CNC(C2CCC(OC)CC2)NC1. The summed E-state index contributed by atoms with van der Waals surface area (Å²) in [6.07, 6.45) is 16.1. The summed E-state index contributed by atoms with van der Waals surface area (Å²) in [5.74, 6) is 1.65. The van der Waals surface area contributed by atoms with Gasteiger partial charge in [0, 0.05) is 20.2 Å². The minimum atomic E-state index is 0.514. The molecule has 1 saturated heterocycles. The smallest absolute Gasteiger partial charge is 0.0600 e. The number of rotatable bonds is 9. The van der Waals surface area contributed by atoms with Crippen molar-refractivity contribution in [3.8, 4) is 0 Å². The maximum absolute atomic E-state index is 5.48. The fraction of sp³-hybridized carbons (Fsp3) is 1.00. The van der Waals surface area contributed by atoms with E-state index >= 15 is 0 Å². The number of ether oxygens (including phenoxy) is 1. The van der Waals surface area contributed by atoms with E-state index in [0.29, 0.717) is 12.3 Å². The molecule has 0 spiro atoms. The van der Waals surface area contributed by atoms with Crippen LogP contribution in [0.25, 0.3) is 0 Å². The topological polar surface area (TPSA) is 33.3 Å². The molecular weight excluding hydrogens is 272 g/mol. The predicted octanol–water partition coefficient (Wildman–Crippen LogP) is 4.08. The summed E-state index contributed by atoms with van der Waals surface area (Å²) in [5, 5.41) is 7.56. The van der Waals surface area contributed by atoms with Gasteiger partial charge in [-0.1, -0.05) is 45.4 Å². The molecule has 3 nitrogen and oxygen atoms in total. The fourth-order valence-electron chi connectivity index (χ4n) is 4.14. The van der Waals surface area contributed by atoms with Crippen LogP contribution in [0.3, 0.4) is 0 Å². The van der Waals surface area contributed by atoms with Crippen LogP contribution in [0.1, 0.15) is 77.6 Å². The van der Waals surface area contributed by atoms with Gasteiger partial charge in [0.15, 0.2) is 0 Å². The van der Waals surface area contributed by atoms with Crippen LogP contribution in [0.5, 0.6) is 0 Å². The zero-order valence-corrected chi connectivity index (χ0v) is 14.9. The van der Waals surface area contributed by atoms with Gasteiger partial charge in [-0.15, -0.1) is 0 Å². The van der Waals surface area contributed by atoms with Crippen molar-refractivity contribution < 1.29 is 4.74 Å². The molecule has 0 amide bonds. The minimum Gasteiger partial charge on any atom is -0.381 e. The largest absolute Gasteiger partial charge is 0.381 e. The zero-order chi connectivity index (χ0) is 15.6. The van der Waals surface area contributed by atoms with Gasteiger partial charge in [-0.3, -0.25) is 0 Å². The van der Waals surface area contributed by atoms with E-state index < -0.39 is 0 Å². The van der Waals surface area contributed by atoms with Gasteiger partial charge in [0.25, 0.3) is 0 Å². The van der Waals surface area contributed by atoms with Gasteiger partial charge in [-0.05, 0) is 43.9 Å². The quantitative estimate of drug-likeness (QED) is 0.630. The van der Waals surface area contributed by atoms with Crippen LogP contribution in [0.15, 0.2) is 0 Å². The maximum atomic E-state index is 5.48. The Morgan fingerprint density at radius 1 is 0.864 bits per heavy atom. The summed E-state index contributed by atoms with van der Waals surface area (Å²) in [5.41, 5.74) is 0. The van der Waals surface area contributed by atoms with Crippen molar-refractivity contribution >= 4 is 0 Å². The summed E-state index contributed by atoms with van der Waals surface area (Å²) < 4.78 is 5.48. The molecule has 0 atom stereocenters. The predicted molar refractivity (Wildman–Crippen MR) is 94.0 cm³/mol. The molecule has 0 radical (unpaired) electrons. The lowest BCUT2D eigenvalue weighted by molar-refractivity contribution is 0.0441. The molecule has 2 rings (SSSR count). The average Bonchev–Trinajstić information content (AvgIpc) is 2.59. The summed E-state index contributed by atoms with van der Waals surface area (Å²) in [6.45, 7) is 4.73. The van der Waals surface area contributed by atoms with Crippen molar-refractivity contribution in [2.45, 2.75) is 89.8 Å². The molecule has 0 bridgehead atoms. The van der Waals surface area contributed by atoms with Crippen molar-refractivity contribution in [3.63, 3.8) is 0 Å². The molecule has 1 saturated carbocycles. The number of hydrogen-bond donors (Lipinski definition) is 2. The Morgan fingerprint density at radius 2 is 1.50 bits per heavy atom. The lowest BCUT2D eigenvalue weighted by atomic mass is 9.84. The Kier molecular flexibility index (Phi) is 8.79. The number of nitrogens with one attached hydrogen (secondary N) is 2. The van der Waals surface area contributed by atoms with E-state index in [4.69, 9.17) is 4.74 Å². The first-order valence-electron chi connectivity index (χ1n) is 9.83. The molecule has 1 aliphatic heterocycles. The van der Waals surface area contributed by atoms with Crippen LogP contribution in [0.4, 0.5) is 0 Å². The number of methoxy groups -OCH3 is 1. The second-order valence-electron chi connectivity index (χ2n) is 7.49. The molecule has 0 aromatic carbocycles. The maximum Gasteiger partial charge on any atom is 0.0600 e. The first kappa shape index (κ1) is 18.2. The Bertz CT molecular complexity index is 269. The third-order valence-corrected chi connectivity index (χ3v) is 5.74. The fourth-order valence-corrected chi connectivity index (χ4v) is 4.14. The third-order valence-electron chi connectivity index (χ3n) is 5.74. The Morgan fingerprint density at radius 3 is 2.14 bits per heavy atom. The standard InChI is InChI=1S/C19H38N2O/c1-3-4-5-6-7-8-9-16-14-20-19(21-15-16)17-10-12-18(22-2)13-11-17/h16-21H,3-15H2,1-2H3. The number of hydrogen-bond acceptors (Lipinski definition) is 3. The van der Waals surface area contributed by atoms with Crippen LogP contribution in [0.2, 0.25) is 0 Å². The molecular formula is C19H38N2O. The van der Waals surface area contributed by atoms with Crippen molar-refractivity contribution in [1.29, 1.82) is 0 Å². The van der Waals surface area contributed by atoms with Gasteiger partial charge in [-0.25, -0.2) is 0 Å². The molecule has 130 valence electrons. The molecule has 0 aromatic rings. The highest BCUT2D eigenvalue weighted by atomic mass is 16.5. The molecule has 3 heteroatoms. The van der Waals surface area contributed by atoms with Gasteiger partial charge in [0.1, 0.15) is 0 Å². The van der Waals surface area contributed by atoms with Gasteiger partial charge in [0.05, 0.1) is 12.3 Å². The number of unbranched alkanes of at least 4 members (excludes halogenated alkanes) is 5. The molecule has 1 heterocycles. The van der Waals surface area contributed by atoms with E-state index in [-0.39, 0.29) is 0 Å². The summed E-state index contributed by atoms with van der Waals surface area (Å²) in [6, 6.07) is 0. The molecule has 0 unspecified atom stereocenters. The molecule has 2 N–H and O–H groups in total. The average molecular weight is 311 g/mol. The first-order chi connectivity index (χ1) is 10.8. The minimum absolute atomic E-state index is 0.514. The zero-order valence-electron chi connectivity index (χ0n) is 14.9. The highest BCUT2D eigenvalue weighted by Gasteiger charge is 2.30. The van der Waals surface area contributed by atoms with Gasteiger partial charge in [0.2, 0.25) is 0 Å². The van der Waals surface area contributed by atoms with Gasteiger partial charge >= 0.3 is 0 Å². The highest BCUT2D eigenvalue weighted by Crippen LogP contribution is 2.28. The third kappa shape index (κ3) is 6.17. The van der Waals surface area contributed by atoms with Crippen molar-refractivity contribution in [2.75, 3.05) is 20.2 Å². The Labute approximate surface area is 138 Å². The highest BCUT2D eigenvalue weighted by molar-refractivity contribution is 4.85. The van der Waals surface area contributed by atoms with E-state index in [1.807, 2.05) is 7.11 Å². The monoisotopic (exact) mass is 310 g/mol.